The normalized spacial score (nSPS) is 17.1. The highest BCUT2D eigenvalue weighted by Crippen LogP contribution is 2.33. The average Bonchev–Trinajstić information content (AvgIpc) is 3.42. The molecule has 0 saturated carbocycles. The van der Waals surface area contributed by atoms with Crippen LogP contribution < -0.4 is 16.4 Å². The number of anilines is 3. The Morgan fingerprint density at radius 1 is 1.16 bits per heavy atom. The molecule has 0 radical (unpaired) electrons. The number of carbonyl (C=O) groups excluding carboxylic acids is 3. The SMILES string of the molecule is COC(=O)Nc1ccc2c(c1)c1c(N)ncnc1n2CC(=O)N1[C@H](C)CC[C@H]1C(=O)Nc1cccc(Br)n1. The van der Waals surface area contributed by atoms with E-state index in [4.69, 9.17) is 5.73 Å². The summed E-state index contributed by atoms with van der Waals surface area (Å²) in [5.74, 6) is 0.128. The van der Waals surface area contributed by atoms with Gasteiger partial charge in [-0.2, -0.15) is 0 Å². The van der Waals surface area contributed by atoms with Crippen LogP contribution in [0.3, 0.4) is 0 Å². The van der Waals surface area contributed by atoms with Crippen molar-refractivity contribution in [3.63, 3.8) is 0 Å². The van der Waals surface area contributed by atoms with E-state index in [-0.39, 0.29) is 30.2 Å². The maximum Gasteiger partial charge on any atom is 0.411 e. The number of aromatic nitrogens is 4. The smallest absolute Gasteiger partial charge is 0.411 e. The molecule has 1 fully saturated rings. The highest BCUT2D eigenvalue weighted by atomic mass is 79.9. The van der Waals surface area contributed by atoms with Crippen molar-refractivity contribution in [1.29, 1.82) is 0 Å². The van der Waals surface area contributed by atoms with E-state index >= 15 is 0 Å². The largest absolute Gasteiger partial charge is 0.453 e. The van der Waals surface area contributed by atoms with E-state index in [9.17, 15) is 14.4 Å². The molecule has 2 atom stereocenters. The number of methoxy groups -OCH3 is 1. The molecule has 1 saturated heterocycles. The number of nitrogens with one attached hydrogen (secondary N) is 2. The van der Waals surface area contributed by atoms with Crippen LogP contribution >= 0.6 is 15.9 Å². The summed E-state index contributed by atoms with van der Waals surface area (Å²) in [6.45, 7) is 1.86. The van der Waals surface area contributed by atoms with Crippen molar-refractivity contribution in [2.24, 2.45) is 0 Å². The summed E-state index contributed by atoms with van der Waals surface area (Å²) >= 11 is 3.30. The zero-order valence-corrected chi connectivity index (χ0v) is 22.2. The molecule has 1 aliphatic heterocycles. The first-order valence-electron chi connectivity index (χ1n) is 11.9. The van der Waals surface area contributed by atoms with Gasteiger partial charge in [0, 0.05) is 17.1 Å². The van der Waals surface area contributed by atoms with Crippen LogP contribution in [0.5, 0.6) is 0 Å². The third-order valence-corrected chi connectivity index (χ3v) is 7.06. The van der Waals surface area contributed by atoms with Crippen LogP contribution in [0.2, 0.25) is 0 Å². The molecule has 0 bridgehead atoms. The standard InChI is InChI=1S/C25H25BrN8O4/c1-13-6-8-17(24(36)32-19-5-3-4-18(26)31-19)34(13)20(35)11-33-16-9-7-14(30-25(37)38-2)10-15(16)21-22(27)28-12-29-23(21)33/h3-5,7,9-10,12-13,17H,6,8,11H2,1-2H3,(H,30,37)(H2,27,28,29)(H,31,32,36)/t13-,17+/m1/s1. The van der Waals surface area contributed by atoms with E-state index in [0.29, 0.717) is 50.9 Å². The van der Waals surface area contributed by atoms with Gasteiger partial charge in [-0.15, -0.1) is 0 Å². The molecule has 0 spiro atoms. The summed E-state index contributed by atoms with van der Waals surface area (Å²) < 4.78 is 7.03. The Morgan fingerprint density at radius 3 is 2.74 bits per heavy atom. The van der Waals surface area contributed by atoms with E-state index in [0.717, 1.165) is 0 Å². The van der Waals surface area contributed by atoms with Gasteiger partial charge in [0.05, 0.1) is 18.0 Å². The first-order valence-corrected chi connectivity index (χ1v) is 12.7. The maximum atomic E-state index is 13.7. The minimum Gasteiger partial charge on any atom is -0.453 e. The first kappa shape index (κ1) is 25.4. The summed E-state index contributed by atoms with van der Waals surface area (Å²) in [5, 5.41) is 6.68. The number of hydrogen-bond acceptors (Lipinski definition) is 8. The average molecular weight is 581 g/mol. The second kappa shape index (κ2) is 10.2. The van der Waals surface area contributed by atoms with E-state index in [1.54, 1.807) is 45.9 Å². The van der Waals surface area contributed by atoms with Crippen molar-refractivity contribution in [3.05, 3.63) is 47.3 Å². The Balaban J connectivity index is 1.47. The zero-order chi connectivity index (χ0) is 27.0. The molecule has 13 heteroatoms. The van der Waals surface area contributed by atoms with Gasteiger partial charge in [0.25, 0.3) is 0 Å². The van der Waals surface area contributed by atoms with Gasteiger partial charge in [-0.1, -0.05) is 6.07 Å². The van der Waals surface area contributed by atoms with Crippen molar-refractivity contribution in [2.75, 3.05) is 23.5 Å². The highest BCUT2D eigenvalue weighted by molar-refractivity contribution is 9.10. The van der Waals surface area contributed by atoms with E-state index in [1.807, 2.05) is 6.92 Å². The van der Waals surface area contributed by atoms with Gasteiger partial charge < -0.3 is 25.3 Å². The summed E-state index contributed by atoms with van der Waals surface area (Å²) in [7, 11) is 1.28. The molecule has 1 aromatic carbocycles. The fourth-order valence-electron chi connectivity index (χ4n) is 4.91. The molecule has 4 N–H and O–H groups in total. The minimum atomic E-state index is -0.637. The first-order chi connectivity index (χ1) is 18.3. The predicted molar refractivity (Wildman–Crippen MR) is 145 cm³/mol. The number of likely N-dealkylation sites (tertiary alicyclic amines) is 1. The van der Waals surface area contributed by atoms with Crippen molar-refractivity contribution in [1.82, 2.24) is 24.4 Å². The summed E-state index contributed by atoms with van der Waals surface area (Å²) in [6.07, 6.45) is 1.96. The Bertz CT molecular complexity index is 1570. The van der Waals surface area contributed by atoms with Crippen LogP contribution in [0, 0.1) is 0 Å². The number of halogens is 1. The van der Waals surface area contributed by atoms with E-state index < -0.39 is 12.1 Å². The Hall–Kier alpha value is -4.26. The maximum absolute atomic E-state index is 13.7. The molecule has 1 aliphatic rings. The molecule has 3 amide bonds. The van der Waals surface area contributed by atoms with Gasteiger partial charge in [0.15, 0.2) is 0 Å². The van der Waals surface area contributed by atoms with Crippen molar-refractivity contribution < 1.29 is 19.1 Å². The summed E-state index contributed by atoms with van der Waals surface area (Å²) in [5.41, 5.74) is 7.85. The van der Waals surface area contributed by atoms with E-state index in [1.165, 1.54) is 13.4 Å². The van der Waals surface area contributed by atoms with Crippen molar-refractivity contribution in [2.45, 2.75) is 38.4 Å². The van der Waals surface area contributed by atoms with Crippen LogP contribution in [0.1, 0.15) is 19.8 Å². The number of amides is 3. The topological polar surface area (TPSA) is 157 Å². The van der Waals surface area contributed by atoms with Crippen molar-refractivity contribution >= 4 is 73.1 Å². The Morgan fingerprint density at radius 2 is 1.97 bits per heavy atom. The van der Waals surface area contributed by atoms with Crippen LogP contribution in [0.15, 0.2) is 47.3 Å². The lowest BCUT2D eigenvalue weighted by molar-refractivity contribution is -0.138. The van der Waals surface area contributed by atoms with Gasteiger partial charge in [0.2, 0.25) is 11.8 Å². The van der Waals surface area contributed by atoms with Gasteiger partial charge in [-0.3, -0.25) is 14.9 Å². The van der Waals surface area contributed by atoms with Crippen LogP contribution in [0.25, 0.3) is 21.9 Å². The Labute approximate surface area is 225 Å². The lowest BCUT2D eigenvalue weighted by Gasteiger charge is -2.28. The molecule has 4 heterocycles. The number of nitrogens with two attached hydrogens (primary N) is 1. The third kappa shape index (κ3) is 4.72. The lowest BCUT2D eigenvalue weighted by Crippen LogP contribution is -2.47. The fourth-order valence-corrected chi connectivity index (χ4v) is 5.25. The van der Waals surface area contributed by atoms with Crippen LogP contribution in [-0.2, 0) is 20.9 Å². The number of ether oxygens (including phenoxy) is 1. The molecular formula is C25H25BrN8O4. The molecule has 0 unspecified atom stereocenters. The van der Waals surface area contributed by atoms with Gasteiger partial charge in [-0.25, -0.2) is 19.7 Å². The Kier molecular flexibility index (Phi) is 6.85. The van der Waals surface area contributed by atoms with Gasteiger partial charge in [0.1, 0.15) is 40.8 Å². The summed E-state index contributed by atoms with van der Waals surface area (Å²) in [6, 6.07) is 9.66. The molecule has 3 aromatic heterocycles. The van der Waals surface area contributed by atoms with Gasteiger partial charge in [-0.05, 0) is 66.0 Å². The molecule has 0 aliphatic carbocycles. The zero-order valence-electron chi connectivity index (χ0n) is 20.6. The molecular weight excluding hydrogens is 556 g/mol. The lowest BCUT2D eigenvalue weighted by atomic mass is 10.2. The number of pyridine rings is 1. The fraction of sp³-hybridized carbons (Fsp3) is 0.280. The predicted octanol–water partition coefficient (Wildman–Crippen LogP) is 3.52. The van der Waals surface area contributed by atoms with Crippen LogP contribution in [-0.4, -0.2) is 61.5 Å². The number of carbonyl (C=O) groups is 3. The number of nitrogen functional groups attached to an aromatic ring is 1. The van der Waals surface area contributed by atoms with E-state index in [2.05, 4.69) is 46.3 Å². The summed E-state index contributed by atoms with van der Waals surface area (Å²) in [4.78, 5) is 53.0. The van der Waals surface area contributed by atoms with Crippen LogP contribution in [0.4, 0.5) is 22.1 Å². The number of hydrogen-bond donors (Lipinski definition) is 3. The molecule has 196 valence electrons. The minimum absolute atomic E-state index is 0.0660. The highest BCUT2D eigenvalue weighted by Gasteiger charge is 2.39. The quantitative estimate of drug-likeness (QED) is 0.302. The molecule has 12 nitrogen and oxygen atoms in total. The van der Waals surface area contributed by atoms with Gasteiger partial charge >= 0.3 is 6.09 Å². The second-order valence-corrected chi connectivity index (χ2v) is 9.78. The number of benzene rings is 1. The number of fused-ring (bicyclic) bond motifs is 3. The second-order valence-electron chi connectivity index (χ2n) is 8.97. The molecule has 5 rings (SSSR count). The third-order valence-electron chi connectivity index (χ3n) is 6.62. The van der Waals surface area contributed by atoms with Crippen molar-refractivity contribution in [3.8, 4) is 0 Å². The number of nitrogens with zero attached hydrogens (tertiary/aromatic N) is 5. The molecule has 38 heavy (non-hydrogen) atoms. The molecule has 4 aromatic rings. The number of rotatable bonds is 5. The monoisotopic (exact) mass is 580 g/mol.